The molecule has 2 N–H and O–H groups in total. The average Bonchev–Trinajstić information content (AvgIpc) is 2.38. The minimum atomic E-state index is -4.57. The van der Waals surface area contributed by atoms with E-state index in [9.17, 15) is 13.2 Å². The number of aromatic hydroxyl groups is 1. The first-order valence-electron chi connectivity index (χ1n) is 5.40. The van der Waals surface area contributed by atoms with Gasteiger partial charge in [-0.2, -0.15) is 8.42 Å². The minimum Gasteiger partial charge on any atom is -0.508 e. The molecule has 0 aliphatic carbocycles. The molecular formula is C13H9ClO5S. The Kier molecular flexibility index (Phi) is 3.80. The number of hydrogen-bond acceptors (Lipinski definition) is 4. The lowest BCUT2D eigenvalue weighted by Crippen LogP contribution is -2.09. The van der Waals surface area contributed by atoms with Gasteiger partial charge < -0.3 is 5.11 Å². The van der Waals surface area contributed by atoms with Gasteiger partial charge >= 0.3 is 0 Å². The Morgan fingerprint density at radius 3 is 2.20 bits per heavy atom. The van der Waals surface area contributed by atoms with E-state index < -0.39 is 20.8 Å². The predicted octanol–water partition coefficient (Wildman–Crippen LogP) is 2.52. The second-order valence-corrected chi connectivity index (χ2v) is 5.82. The maximum atomic E-state index is 12.2. The molecule has 0 aliphatic rings. The molecule has 0 atom stereocenters. The van der Waals surface area contributed by atoms with Crippen molar-refractivity contribution in [1.82, 2.24) is 0 Å². The standard InChI is InChI=1S/C13H9ClO5S/c14-9-3-6-11(12(7-9)20(17,18)19)13(16)8-1-4-10(15)5-2-8/h1-7,15H,(H,17,18,19). The highest BCUT2D eigenvalue weighted by Gasteiger charge is 2.21. The maximum Gasteiger partial charge on any atom is 0.295 e. The monoisotopic (exact) mass is 312 g/mol. The molecule has 0 heterocycles. The smallest absolute Gasteiger partial charge is 0.295 e. The third-order valence-corrected chi connectivity index (χ3v) is 3.72. The largest absolute Gasteiger partial charge is 0.508 e. The van der Waals surface area contributed by atoms with Crippen LogP contribution in [0, 0.1) is 0 Å². The van der Waals surface area contributed by atoms with Crippen molar-refractivity contribution in [3.8, 4) is 5.75 Å². The summed E-state index contributed by atoms with van der Waals surface area (Å²) < 4.78 is 31.8. The summed E-state index contributed by atoms with van der Waals surface area (Å²) in [6, 6.07) is 8.88. The second-order valence-electron chi connectivity index (χ2n) is 3.99. The van der Waals surface area contributed by atoms with Crippen molar-refractivity contribution in [2.75, 3.05) is 0 Å². The van der Waals surface area contributed by atoms with Crippen molar-refractivity contribution in [2.45, 2.75) is 4.90 Å². The average molecular weight is 313 g/mol. The molecule has 0 aliphatic heterocycles. The summed E-state index contributed by atoms with van der Waals surface area (Å²) in [5.41, 5.74) is -0.0161. The number of halogens is 1. The van der Waals surface area contributed by atoms with Crippen LogP contribution in [0.1, 0.15) is 15.9 Å². The van der Waals surface area contributed by atoms with Crippen molar-refractivity contribution in [3.63, 3.8) is 0 Å². The molecule has 0 saturated heterocycles. The fraction of sp³-hybridized carbons (Fsp3) is 0. The van der Waals surface area contributed by atoms with Gasteiger partial charge in [0.1, 0.15) is 10.6 Å². The Morgan fingerprint density at radius 1 is 1.05 bits per heavy atom. The Balaban J connectivity index is 2.58. The van der Waals surface area contributed by atoms with E-state index in [0.717, 1.165) is 6.07 Å². The molecule has 5 nitrogen and oxygen atoms in total. The number of phenols is 1. The second kappa shape index (κ2) is 5.24. The molecule has 2 aromatic carbocycles. The molecule has 0 fully saturated rings. The zero-order chi connectivity index (χ0) is 14.9. The minimum absolute atomic E-state index is 0.0207. The van der Waals surface area contributed by atoms with Crippen LogP contribution in [0.5, 0.6) is 5.75 Å². The molecule has 0 unspecified atom stereocenters. The lowest BCUT2D eigenvalue weighted by atomic mass is 10.0. The lowest BCUT2D eigenvalue weighted by Gasteiger charge is -2.07. The van der Waals surface area contributed by atoms with Gasteiger partial charge in [-0.15, -0.1) is 0 Å². The van der Waals surface area contributed by atoms with E-state index in [1.807, 2.05) is 0 Å². The number of rotatable bonds is 3. The molecule has 20 heavy (non-hydrogen) atoms. The van der Waals surface area contributed by atoms with Gasteiger partial charge in [-0.25, -0.2) is 0 Å². The highest BCUT2D eigenvalue weighted by atomic mass is 35.5. The first-order valence-corrected chi connectivity index (χ1v) is 7.21. The van der Waals surface area contributed by atoms with Crippen LogP contribution in [0.25, 0.3) is 0 Å². The van der Waals surface area contributed by atoms with Gasteiger partial charge in [0.2, 0.25) is 0 Å². The lowest BCUT2D eigenvalue weighted by molar-refractivity contribution is 0.103. The van der Waals surface area contributed by atoms with Crippen LogP contribution in [0.15, 0.2) is 47.4 Å². The summed E-state index contributed by atoms with van der Waals surface area (Å²) in [4.78, 5) is 11.7. The van der Waals surface area contributed by atoms with Gasteiger partial charge in [0.15, 0.2) is 5.78 Å². The Labute approximate surface area is 120 Å². The fourth-order valence-electron chi connectivity index (χ4n) is 1.67. The van der Waals surface area contributed by atoms with Crippen molar-refractivity contribution in [3.05, 3.63) is 58.6 Å². The van der Waals surface area contributed by atoms with E-state index in [1.165, 1.54) is 36.4 Å². The van der Waals surface area contributed by atoms with E-state index in [2.05, 4.69) is 0 Å². The third-order valence-electron chi connectivity index (χ3n) is 2.60. The molecule has 0 amide bonds. The molecular weight excluding hydrogens is 304 g/mol. The van der Waals surface area contributed by atoms with Gasteiger partial charge in [0.05, 0.1) is 0 Å². The highest BCUT2D eigenvalue weighted by Crippen LogP contribution is 2.24. The number of hydrogen-bond donors (Lipinski definition) is 2. The quantitative estimate of drug-likeness (QED) is 0.671. The Hall–Kier alpha value is -1.89. The van der Waals surface area contributed by atoms with Crippen LogP contribution >= 0.6 is 11.6 Å². The Bertz CT molecular complexity index is 766. The SMILES string of the molecule is O=C(c1ccc(O)cc1)c1ccc(Cl)cc1S(=O)(=O)O. The molecule has 7 heteroatoms. The first kappa shape index (κ1) is 14.5. The van der Waals surface area contributed by atoms with Gasteiger partial charge in [-0.3, -0.25) is 9.35 Å². The van der Waals surface area contributed by atoms with Gasteiger partial charge in [-0.05, 0) is 42.5 Å². The fourth-order valence-corrected chi connectivity index (χ4v) is 2.62. The molecule has 2 rings (SSSR count). The molecule has 0 radical (unpaired) electrons. The summed E-state index contributed by atoms with van der Waals surface area (Å²) in [7, 11) is -4.57. The van der Waals surface area contributed by atoms with E-state index >= 15 is 0 Å². The summed E-state index contributed by atoms with van der Waals surface area (Å²) >= 11 is 5.67. The molecule has 104 valence electrons. The van der Waals surface area contributed by atoms with Crippen LogP contribution in [0.4, 0.5) is 0 Å². The van der Waals surface area contributed by atoms with Crippen molar-refractivity contribution >= 4 is 27.5 Å². The zero-order valence-electron chi connectivity index (χ0n) is 9.95. The van der Waals surface area contributed by atoms with Crippen LogP contribution in [-0.4, -0.2) is 23.9 Å². The van der Waals surface area contributed by atoms with Crippen molar-refractivity contribution in [2.24, 2.45) is 0 Å². The maximum absolute atomic E-state index is 12.2. The van der Waals surface area contributed by atoms with Gasteiger partial charge in [0, 0.05) is 16.1 Å². The summed E-state index contributed by atoms with van der Waals surface area (Å²) in [5.74, 6) is -0.623. The normalized spacial score (nSPS) is 11.3. The summed E-state index contributed by atoms with van der Waals surface area (Å²) in [5, 5.41) is 9.25. The molecule has 0 bridgehead atoms. The molecule has 0 saturated carbocycles. The van der Waals surface area contributed by atoms with E-state index in [-0.39, 0.29) is 21.9 Å². The first-order chi connectivity index (χ1) is 9.29. The highest BCUT2D eigenvalue weighted by molar-refractivity contribution is 7.86. The number of carbonyl (C=O) groups is 1. The Morgan fingerprint density at radius 2 is 1.65 bits per heavy atom. The van der Waals surface area contributed by atoms with Crippen LogP contribution in [0.3, 0.4) is 0 Å². The van der Waals surface area contributed by atoms with E-state index in [1.54, 1.807) is 0 Å². The van der Waals surface area contributed by atoms with Crippen molar-refractivity contribution in [1.29, 1.82) is 0 Å². The van der Waals surface area contributed by atoms with Crippen LogP contribution in [0.2, 0.25) is 5.02 Å². The molecule has 0 aromatic heterocycles. The van der Waals surface area contributed by atoms with E-state index in [0.29, 0.717) is 0 Å². The molecule has 2 aromatic rings. The summed E-state index contributed by atoms with van der Waals surface area (Å²) in [6.45, 7) is 0. The number of carbonyl (C=O) groups excluding carboxylic acids is 1. The number of ketones is 1. The zero-order valence-corrected chi connectivity index (χ0v) is 11.5. The van der Waals surface area contributed by atoms with Crippen LogP contribution in [-0.2, 0) is 10.1 Å². The predicted molar refractivity (Wildman–Crippen MR) is 72.8 cm³/mol. The third kappa shape index (κ3) is 2.98. The number of phenolic OH excluding ortho intramolecular Hbond substituents is 1. The molecule has 0 spiro atoms. The van der Waals surface area contributed by atoms with Crippen molar-refractivity contribution < 1.29 is 22.9 Å². The summed E-state index contributed by atoms with van der Waals surface area (Å²) in [6.07, 6.45) is 0. The van der Waals surface area contributed by atoms with Crippen LogP contribution < -0.4 is 0 Å². The van der Waals surface area contributed by atoms with Gasteiger partial charge in [-0.1, -0.05) is 11.6 Å². The van der Waals surface area contributed by atoms with Gasteiger partial charge in [0.25, 0.3) is 10.1 Å². The van der Waals surface area contributed by atoms with E-state index in [4.69, 9.17) is 21.3 Å². The number of benzene rings is 2. The topological polar surface area (TPSA) is 91.7 Å².